The Kier molecular flexibility index (Phi) is 3.26. The smallest absolute Gasteiger partial charge is 0.258 e. The van der Waals surface area contributed by atoms with Crippen molar-refractivity contribution in [2.75, 3.05) is 14.1 Å². The Balaban J connectivity index is 2.43. The van der Waals surface area contributed by atoms with Crippen LogP contribution in [-0.4, -0.2) is 31.0 Å². The third-order valence-corrected chi connectivity index (χ3v) is 3.26. The standard InChI is InChI=1S/C7H16NO2P/c1-6-5-7(2)10-11(9-6)8(3)4/h6-7H,5H2,1-4H3. The van der Waals surface area contributed by atoms with E-state index in [1.54, 1.807) is 0 Å². The molecule has 0 amide bonds. The minimum absolute atomic E-state index is 0.340. The maximum absolute atomic E-state index is 5.59. The van der Waals surface area contributed by atoms with Crippen molar-refractivity contribution in [1.82, 2.24) is 4.67 Å². The Morgan fingerprint density at radius 3 is 2.00 bits per heavy atom. The molecule has 1 saturated heterocycles. The lowest BCUT2D eigenvalue weighted by atomic mass is 10.2. The molecule has 0 saturated carbocycles. The second kappa shape index (κ2) is 3.81. The molecule has 0 bridgehead atoms. The summed E-state index contributed by atoms with van der Waals surface area (Å²) in [5.41, 5.74) is 0. The summed E-state index contributed by atoms with van der Waals surface area (Å²) in [6.07, 6.45) is 1.69. The third kappa shape index (κ3) is 2.68. The first-order chi connectivity index (χ1) is 5.09. The number of nitrogens with zero attached hydrogens (tertiary/aromatic N) is 1. The molecule has 11 heavy (non-hydrogen) atoms. The summed E-state index contributed by atoms with van der Waals surface area (Å²) >= 11 is 0. The molecule has 0 spiro atoms. The van der Waals surface area contributed by atoms with Crippen LogP contribution in [0.1, 0.15) is 20.3 Å². The highest BCUT2D eigenvalue weighted by Gasteiger charge is 2.27. The van der Waals surface area contributed by atoms with Crippen molar-refractivity contribution in [2.24, 2.45) is 0 Å². The summed E-state index contributed by atoms with van der Waals surface area (Å²) < 4.78 is 13.2. The SMILES string of the molecule is CC1CC(C)OP(N(C)C)O1. The molecule has 1 heterocycles. The van der Waals surface area contributed by atoms with Crippen LogP contribution in [-0.2, 0) is 9.05 Å². The highest BCUT2D eigenvalue weighted by atomic mass is 31.2. The quantitative estimate of drug-likeness (QED) is 0.572. The van der Waals surface area contributed by atoms with Gasteiger partial charge in [-0.15, -0.1) is 0 Å². The van der Waals surface area contributed by atoms with Gasteiger partial charge in [-0.2, -0.15) is 0 Å². The Bertz CT molecular complexity index is 122. The van der Waals surface area contributed by atoms with Crippen molar-refractivity contribution >= 4 is 8.53 Å². The molecular weight excluding hydrogens is 161 g/mol. The molecule has 1 aliphatic rings. The van der Waals surface area contributed by atoms with Crippen molar-refractivity contribution in [2.45, 2.75) is 32.5 Å². The van der Waals surface area contributed by atoms with Crippen LogP contribution >= 0.6 is 8.53 Å². The fourth-order valence-corrected chi connectivity index (χ4v) is 2.29. The van der Waals surface area contributed by atoms with Gasteiger partial charge in [0.05, 0.1) is 12.2 Å². The van der Waals surface area contributed by atoms with E-state index in [-0.39, 0.29) is 0 Å². The minimum Gasteiger partial charge on any atom is -0.319 e. The molecule has 4 heteroatoms. The lowest BCUT2D eigenvalue weighted by Gasteiger charge is -2.34. The molecule has 2 unspecified atom stereocenters. The Labute approximate surface area is 69.6 Å². The first kappa shape index (κ1) is 9.40. The molecule has 2 atom stereocenters. The zero-order chi connectivity index (χ0) is 8.43. The van der Waals surface area contributed by atoms with Gasteiger partial charge in [0, 0.05) is 6.42 Å². The molecule has 0 aliphatic carbocycles. The fraction of sp³-hybridized carbons (Fsp3) is 1.00. The van der Waals surface area contributed by atoms with Crippen molar-refractivity contribution in [1.29, 1.82) is 0 Å². The van der Waals surface area contributed by atoms with E-state index >= 15 is 0 Å². The van der Waals surface area contributed by atoms with Gasteiger partial charge in [-0.1, -0.05) is 0 Å². The van der Waals surface area contributed by atoms with Crippen molar-refractivity contribution in [3.63, 3.8) is 0 Å². The summed E-state index contributed by atoms with van der Waals surface area (Å²) in [6.45, 7) is 4.19. The van der Waals surface area contributed by atoms with Gasteiger partial charge in [-0.25, -0.2) is 4.67 Å². The molecule has 1 aliphatic heterocycles. The molecule has 0 N–H and O–H groups in total. The Hall–Kier alpha value is 0.310. The molecule has 1 fully saturated rings. The average Bonchev–Trinajstić information content (AvgIpc) is 1.85. The van der Waals surface area contributed by atoms with Gasteiger partial charge in [-0.05, 0) is 27.9 Å². The fourth-order valence-electron chi connectivity index (χ4n) is 1.07. The maximum atomic E-state index is 5.59. The maximum Gasteiger partial charge on any atom is 0.258 e. The van der Waals surface area contributed by atoms with Gasteiger partial charge in [0.15, 0.2) is 0 Å². The van der Waals surface area contributed by atoms with Crippen molar-refractivity contribution < 1.29 is 9.05 Å². The molecule has 0 aromatic carbocycles. The monoisotopic (exact) mass is 177 g/mol. The van der Waals surface area contributed by atoms with E-state index in [1.807, 2.05) is 18.8 Å². The Morgan fingerprint density at radius 1 is 1.18 bits per heavy atom. The molecule has 3 nitrogen and oxygen atoms in total. The van der Waals surface area contributed by atoms with E-state index in [2.05, 4.69) is 13.8 Å². The molecular formula is C7H16NO2P. The minimum atomic E-state index is -0.776. The molecule has 0 radical (unpaired) electrons. The van der Waals surface area contributed by atoms with Crippen molar-refractivity contribution in [3.05, 3.63) is 0 Å². The zero-order valence-corrected chi connectivity index (χ0v) is 8.47. The predicted molar refractivity (Wildman–Crippen MR) is 46.3 cm³/mol. The number of rotatable bonds is 1. The van der Waals surface area contributed by atoms with Crippen molar-refractivity contribution in [3.8, 4) is 0 Å². The lowest BCUT2D eigenvalue weighted by Crippen LogP contribution is -2.26. The van der Waals surface area contributed by atoms with E-state index in [0.717, 1.165) is 6.42 Å². The van der Waals surface area contributed by atoms with Crippen LogP contribution in [0.4, 0.5) is 0 Å². The van der Waals surface area contributed by atoms with Crippen LogP contribution < -0.4 is 0 Å². The summed E-state index contributed by atoms with van der Waals surface area (Å²) in [4.78, 5) is 0. The molecule has 1 rings (SSSR count). The van der Waals surface area contributed by atoms with Crippen LogP contribution in [0, 0.1) is 0 Å². The predicted octanol–water partition coefficient (Wildman–Crippen LogP) is 1.99. The van der Waals surface area contributed by atoms with Crippen LogP contribution in [0.15, 0.2) is 0 Å². The third-order valence-electron chi connectivity index (χ3n) is 1.53. The van der Waals surface area contributed by atoms with Crippen LogP contribution in [0.25, 0.3) is 0 Å². The first-order valence-electron chi connectivity index (χ1n) is 3.90. The van der Waals surface area contributed by atoms with Gasteiger partial charge in [-0.3, -0.25) is 0 Å². The number of hydrogen-bond donors (Lipinski definition) is 0. The topological polar surface area (TPSA) is 21.7 Å². The zero-order valence-electron chi connectivity index (χ0n) is 7.57. The largest absolute Gasteiger partial charge is 0.319 e. The lowest BCUT2D eigenvalue weighted by molar-refractivity contribution is 0.0575. The summed E-state index contributed by atoms with van der Waals surface area (Å²) in [6, 6.07) is 0. The molecule has 0 aromatic rings. The van der Waals surface area contributed by atoms with Gasteiger partial charge in [0.25, 0.3) is 8.53 Å². The van der Waals surface area contributed by atoms with Gasteiger partial charge in [0.1, 0.15) is 0 Å². The van der Waals surface area contributed by atoms with Crippen LogP contribution in [0.3, 0.4) is 0 Å². The molecule has 0 aromatic heterocycles. The average molecular weight is 177 g/mol. The second-order valence-corrected chi connectivity index (χ2v) is 4.85. The van der Waals surface area contributed by atoms with E-state index in [4.69, 9.17) is 9.05 Å². The van der Waals surface area contributed by atoms with Crippen LogP contribution in [0.5, 0.6) is 0 Å². The van der Waals surface area contributed by atoms with Crippen LogP contribution in [0.2, 0.25) is 0 Å². The highest BCUT2D eigenvalue weighted by Crippen LogP contribution is 2.47. The normalized spacial score (nSPS) is 39.5. The number of hydrogen-bond acceptors (Lipinski definition) is 3. The Morgan fingerprint density at radius 2 is 1.64 bits per heavy atom. The van der Waals surface area contributed by atoms with E-state index in [1.165, 1.54) is 0 Å². The first-order valence-corrected chi connectivity index (χ1v) is 5.03. The summed E-state index contributed by atoms with van der Waals surface area (Å²) in [7, 11) is 3.19. The van der Waals surface area contributed by atoms with E-state index in [0.29, 0.717) is 12.2 Å². The van der Waals surface area contributed by atoms with Gasteiger partial charge in [0.2, 0.25) is 0 Å². The second-order valence-electron chi connectivity index (χ2n) is 3.15. The van der Waals surface area contributed by atoms with E-state index < -0.39 is 8.53 Å². The van der Waals surface area contributed by atoms with Gasteiger partial charge < -0.3 is 9.05 Å². The highest BCUT2D eigenvalue weighted by molar-refractivity contribution is 7.44. The summed E-state index contributed by atoms with van der Waals surface area (Å²) in [5, 5.41) is 0. The van der Waals surface area contributed by atoms with Gasteiger partial charge >= 0.3 is 0 Å². The molecule has 66 valence electrons. The summed E-state index contributed by atoms with van der Waals surface area (Å²) in [5.74, 6) is 0. The van der Waals surface area contributed by atoms with E-state index in [9.17, 15) is 0 Å².